The Morgan fingerprint density at radius 3 is 2.46 bits per heavy atom. The second-order valence-electron chi connectivity index (χ2n) is 14.2. The molecule has 228 valence electrons. The van der Waals surface area contributed by atoms with E-state index in [2.05, 4.69) is 6.92 Å². The smallest absolute Gasteiger partial charge is 0.331 e. The molecule has 11 heteroatoms. The van der Waals surface area contributed by atoms with Crippen LogP contribution in [0.25, 0.3) is 0 Å². The third kappa shape index (κ3) is 3.43. The molecule has 0 spiro atoms. The summed E-state index contributed by atoms with van der Waals surface area (Å²) in [6.07, 6.45) is 0.374. The number of hydrogen-bond donors (Lipinski definition) is 4. The van der Waals surface area contributed by atoms with Gasteiger partial charge in [0.15, 0.2) is 5.78 Å². The van der Waals surface area contributed by atoms with Crippen molar-refractivity contribution in [1.29, 1.82) is 0 Å². The maximum atomic E-state index is 14.3. The highest BCUT2D eigenvalue weighted by atomic mass is 16.8. The molecule has 3 heterocycles. The van der Waals surface area contributed by atoms with Gasteiger partial charge in [0.05, 0.1) is 23.9 Å². The van der Waals surface area contributed by atoms with Crippen LogP contribution >= 0.6 is 0 Å². The Balaban J connectivity index is 1.21. The minimum Gasteiger partial charge on any atom is -0.458 e. The molecule has 14 atom stereocenters. The van der Waals surface area contributed by atoms with E-state index in [0.29, 0.717) is 32.1 Å². The average molecular weight is 579 g/mol. The lowest BCUT2D eigenvalue weighted by molar-refractivity contribution is -0.513. The van der Waals surface area contributed by atoms with E-state index < -0.39 is 70.6 Å². The first-order valence-corrected chi connectivity index (χ1v) is 15.0. The van der Waals surface area contributed by atoms with Gasteiger partial charge in [-0.3, -0.25) is 4.79 Å². The first-order chi connectivity index (χ1) is 19.2. The van der Waals surface area contributed by atoms with Crippen molar-refractivity contribution in [2.75, 3.05) is 13.7 Å². The molecule has 11 nitrogen and oxygen atoms in total. The van der Waals surface area contributed by atoms with Crippen LogP contribution in [-0.2, 0) is 33.3 Å². The lowest BCUT2D eigenvalue weighted by Crippen LogP contribution is -2.76. The second kappa shape index (κ2) is 8.81. The molecule has 0 amide bonds. The number of aliphatic hydroxyl groups is 4. The number of fused-ring (bicyclic) bond motifs is 7. The first-order valence-electron chi connectivity index (χ1n) is 15.0. The zero-order valence-electron chi connectivity index (χ0n) is 24.1. The Morgan fingerprint density at radius 1 is 1.02 bits per heavy atom. The molecule has 7 aliphatic rings. The molecule has 4 N–H and O–H groups in total. The van der Waals surface area contributed by atoms with E-state index in [1.165, 1.54) is 13.2 Å². The van der Waals surface area contributed by atoms with Crippen molar-refractivity contribution in [3.8, 4) is 0 Å². The molecular formula is C30H42O11. The van der Waals surface area contributed by atoms with Gasteiger partial charge in [0.2, 0.25) is 12.1 Å². The summed E-state index contributed by atoms with van der Waals surface area (Å²) in [6.45, 7) is 5.73. The molecule has 0 aromatic heterocycles. The van der Waals surface area contributed by atoms with Crippen molar-refractivity contribution in [3.05, 3.63) is 11.6 Å². The van der Waals surface area contributed by atoms with Crippen molar-refractivity contribution in [2.24, 2.45) is 34.5 Å². The second-order valence-corrected chi connectivity index (χ2v) is 14.2. The standard InChI is InChI=1S/C30H42O11/c1-14-11-29(35,37-4)30(36)25(39-14)40-20-12-26(2)16(10-19(20)41-30)5-6-18-22(26)23(32)24(33)27(3)17(7-8-28(18,27)34)15-9-21(31)38-13-15/h9,14,16-20,22,24-25,33-36H,5-8,10-13H2,1-4H3/t14-,16-,17-,18-,19-,20-,22-,24-,25+,26+,27+,28+,29-,30+/m1/s1. The van der Waals surface area contributed by atoms with Crippen molar-refractivity contribution in [3.63, 3.8) is 0 Å². The summed E-state index contributed by atoms with van der Waals surface area (Å²) in [5, 5.41) is 46.9. The van der Waals surface area contributed by atoms with E-state index in [9.17, 15) is 30.0 Å². The minimum atomic E-state index is -2.22. The van der Waals surface area contributed by atoms with Crippen LogP contribution in [0, 0.1) is 34.5 Å². The van der Waals surface area contributed by atoms with Gasteiger partial charge in [-0.2, -0.15) is 0 Å². The van der Waals surface area contributed by atoms with Gasteiger partial charge in [-0.1, -0.05) is 13.8 Å². The maximum Gasteiger partial charge on any atom is 0.331 e. The number of rotatable bonds is 2. The quantitative estimate of drug-likeness (QED) is 0.210. The van der Waals surface area contributed by atoms with E-state index in [0.717, 1.165) is 12.0 Å². The highest BCUT2D eigenvalue weighted by Crippen LogP contribution is 2.69. The third-order valence-corrected chi connectivity index (χ3v) is 12.6. The van der Waals surface area contributed by atoms with Crippen molar-refractivity contribution < 1.29 is 53.7 Å². The molecule has 41 heavy (non-hydrogen) atoms. The number of esters is 1. The summed E-state index contributed by atoms with van der Waals surface area (Å²) in [7, 11) is 1.31. The van der Waals surface area contributed by atoms with Crippen LogP contribution in [0.3, 0.4) is 0 Å². The number of cyclic esters (lactones) is 1. The number of ether oxygens (including phenoxy) is 5. The summed E-state index contributed by atoms with van der Waals surface area (Å²) in [6, 6.07) is 0. The predicted octanol–water partition coefficient (Wildman–Crippen LogP) is 0.946. The molecule has 0 bridgehead atoms. The lowest BCUT2D eigenvalue weighted by atomic mass is 9.42. The van der Waals surface area contributed by atoms with Gasteiger partial charge in [0.1, 0.15) is 12.7 Å². The summed E-state index contributed by atoms with van der Waals surface area (Å²) in [5.41, 5.74) is -2.31. The van der Waals surface area contributed by atoms with E-state index in [-0.39, 0.29) is 36.6 Å². The van der Waals surface area contributed by atoms with E-state index in [1.807, 2.05) is 0 Å². The van der Waals surface area contributed by atoms with Crippen LogP contribution in [-0.4, -0.2) is 93.8 Å². The topological polar surface area (TPSA) is 161 Å². The van der Waals surface area contributed by atoms with Crippen molar-refractivity contribution in [1.82, 2.24) is 0 Å². The largest absolute Gasteiger partial charge is 0.458 e. The van der Waals surface area contributed by atoms with E-state index in [4.69, 9.17) is 23.7 Å². The third-order valence-electron chi connectivity index (χ3n) is 12.6. The van der Waals surface area contributed by atoms with Gasteiger partial charge in [-0.05, 0) is 74.2 Å². The first kappa shape index (κ1) is 28.3. The lowest BCUT2D eigenvalue weighted by Gasteiger charge is -2.65. The van der Waals surface area contributed by atoms with Gasteiger partial charge in [-0.25, -0.2) is 4.79 Å². The molecule has 4 aliphatic carbocycles. The fraction of sp³-hybridized carbons (Fsp3) is 0.867. The molecule has 0 aromatic carbocycles. The molecule has 0 aromatic rings. The predicted molar refractivity (Wildman–Crippen MR) is 138 cm³/mol. The minimum absolute atomic E-state index is 0.00214. The van der Waals surface area contributed by atoms with Crippen molar-refractivity contribution >= 4 is 11.8 Å². The fourth-order valence-corrected chi connectivity index (χ4v) is 10.4. The monoisotopic (exact) mass is 578 g/mol. The Hall–Kier alpha value is -1.44. The van der Waals surface area contributed by atoms with Crippen LogP contribution in [0.1, 0.15) is 65.7 Å². The maximum absolute atomic E-state index is 14.3. The Kier molecular flexibility index (Phi) is 6.09. The average Bonchev–Trinajstić information content (AvgIpc) is 3.46. The number of aliphatic hydroxyl groups excluding tert-OH is 1. The fourth-order valence-electron chi connectivity index (χ4n) is 10.4. The Bertz CT molecular complexity index is 1190. The van der Waals surface area contributed by atoms with Gasteiger partial charge < -0.3 is 44.1 Å². The van der Waals surface area contributed by atoms with Gasteiger partial charge >= 0.3 is 5.97 Å². The molecule has 7 rings (SSSR count). The van der Waals surface area contributed by atoms with E-state index in [1.54, 1.807) is 13.8 Å². The molecule has 0 radical (unpaired) electrons. The number of carbonyl (C=O) groups excluding carboxylic acids is 2. The van der Waals surface area contributed by atoms with Crippen LogP contribution in [0.2, 0.25) is 0 Å². The molecular weight excluding hydrogens is 536 g/mol. The van der Waals surface area contributed by atoms with Crippen LogP contribution in [0.5, 0.6) is 0 Å². The molecule has 4 saturated carbocycles. The van der Waals surface area contributed by atoms with Crippen LogP contribution in [0.15, 0.2) is 11.6 Å². The molecule has 0 unspecified atom stereocenters. The Morgan fingerprint density at radius 2 is 1.78 bits per heavy atom. The SMILES string of the molecule is CO[C@]1(O)C[C@@H](C)O[C@H]2O[C@@H]3C[C@@]4(C)[C@H](CC[C@@H]5[C@@H]4C(=O)[C@@H](O)[C@]4(C)[C@@H](C6=CC(=O)OC6)CC[C@]54O)C[C@H]3O[C@@]21O. The van der Waals surface area contributed by atoms with Crippen LogP contribution < -0.4 is 0 Å². The number of Topliss-reactive ketones (excluding diaryl/α,β-unsaturated/α-hetero) is 1. The zero-order chi connectivity index (χ0) is 29.3. The summed E-state index contributed by atoms with van der Waals surface area (Å²) >= 11 is 0. The van der Waals surface area contributed by atoms with Crippen molar-refractivity contribution in [2.45, 2.75) is 114 Å². The zero-order valence-corrected chi connectivity index (χ0v) is 24.1. The van der Waals surface area contributed by atoms with E-state index >= 15 is 0 Å². The highest BCUT2D eigenvalue weighted by Gasteiger charge is 2.75. The summed E-state index contributed by atoms with van der Waals surface area (Å²) in [4.78, 5) is 26.1. The van der Waals surface area contributed by atoms with Crippen LogP contribution in [0.4, 0.5) is 0 Å². The summed E-state index contributed by atoms with van der Waals surface area (Å²) < 4.78 is 28.9. The number of carbonyl (C=O) groups is 2. The molecule has 2 saturated heterocycles. The van der Waals surface area contributed by atoms with Gasteiger partial charge in [0, 0.05) is 30.9 Å². The number of hydrogen-bond acceptors (Lipinski definition) is 11. The molecule has 3 aliphatic heterocycles. The normalized spacial score (nSPS) is 58.0. The highest BCUT2D eigenvalue weighted by molar-refractivity contribution is 5.90. The number of methoxy groups -OCH3 is 1. The van der Waals surface area contributed by atoms with Gasteiger partial charge in [0.25, 0.3) is 5.79 Å². The molecule has 6 fully saturated rings. The van der Waals surface area contributed by atoms with Gasteiger partial charge in [-0.15, -0.1) is 0 Å². The summed E-state index contributed by atoms with van der Waals surface area (Å²) in [5.74, 6) is -6.23. The number of ketones is 1. The Labute approximate surface area is 239 Å².